The van der Waals surface area contributed by atoms with Gasteiger partial charge in [0.1, 0.15) is 5.56 Å². The Hall–Kier alpha value is -2.10. The Morgan fingerprint density at radius 2 is 1.77 bits per heavy atom. The van der Waals surface area contributed by atoms with Crippen LogP contribution in [-0.2, 0) is 13.5 Å². The number of hydrogen-bond donors (Lipinski definition) is 1. The normalized spacial score (nSPS) is 9.23. The van der Waals surface area contributed by atoms with Gasteiger partial charge >= 0.3 is 0 Å². The van der Waals surface area contributed by atoms with Crippen LogP contribution in [-0.4, -0.2) is 15.6 Å². The topological polar surface area (TPSA) is 54.9 Å². The van der Waals surface area contributed by atoms with Crippen LogP contribution in [0.2, 0.25) is 0 Å². The van der Waals surface area contributed by atoms with Gasteiger partial charge in [0.15, 0.2) is 5.78 Å². The van der Waals surface area contributed by atoms with Gasteiger partial charge < -0.3 is 0 Å². The van der Waals surface area contributed by atoms with Gasteiger partial charge in [0, 0.05) is 18.3 Å². The molecule has 0 radical (unpaired) electrons. The molecule has 4 heteroatoms. The van der Waals surface area contributed by atoms with Gasteiger partial charge in [-0.2, -0.15) is 0 Å². The lowest BCUT2D eigenvalue weighted by Crippen LogP contribution is -2.19. The van der Waals surface area contributed by atoms with Crippen LogP contribution in [0.15, 0.2) is 29.1 Å². The first kappa shape index (κ1) is 19.9. The number of H-pyrrole nitrogens is 1. The lowest BCUT2D eigenvalue weighted by molar-refractivity contribution is 0.103. The second-order valence-electron chi connectivity index (χ2n) is 4.36. The zero-order valence-electron chi connectivity index (χ0n) is 14.8. The number of ketones is 1. The van der Waals surface area contributed by atoms with Crippen LogP contribution in [0.1, 0.15) is 61.8 Å². The first-order chi connectivity index (χ1) is 10.5. The van der Waals surface area contributed by atoms with E-state index in [1.165, 1.54) is 4.68 Å². The van der Waals surface area contributed by atoms with Crippen molar-refractivity contribution in [3.05, 3.63) is 57.0 Å². The summed E-state index contributed by atoms with van der Waals surface area (Å²) in [6, 6.07) is 7.40. The highest BCUT2D eigenvalue weighted by atomic mass is 16.2. The van der Waals surface area contributed by atoms with Gasteiger partial charge in [-0.3, -0.25) is 19.4 Å². The van der Waals surface area contributed by atoms with Gasteiger partial charge in [-0.25, -0.2) is 0 Å². The molecule has 0 spiro atoms. The van der Waals surface area contributed by atoms with Crippen LogP contribution in [0.25, 0.3) is 0 Å². The fourth-order valence-electron chi connectivity index (χ4n) is 2.03. The van der Waals surface area contributed by atoms with Crippen molar-refractivity contribution in [2.24, 2.45) is 7.05 Å². The highest BCUT2D eigenvalue weighted by Crippen LogP contribution is 2.12. The number of benzene rings is 1. The molecule has 22 heavy (non-hydrogen) atoms. The Morgan fingerprint density at radius 3 is 2.23 bits per heavy atom. The second kappa shape index (κ2) is 9.77. The molecule has 122 valence electrons. The first-order valence-electron chi connectivity index (χ1n) is 7.93. The second-order valence-corrected chi connectivity index (χ2v) is 4.36. The molecule has 2 rings (SSSR count). The van der Waals surface area contributed by atoms with Crippen molar-refractivity contribution in [3.8, 4) is 0 Å². The third-order valence-electron chi connectivity index (χ3n) is 3.05. The fourth-order valence-corrected chi connectivity index (χ4v) is 2.03. The summed E-state index contributed by atoms with van der Waals surface area (Å²) in [6.45, 7) is 11.8. The van der Waals surface area contributed by atoms with E-state index in [1.54, 1.807) is 20.0 Å². The standard InChI is InChI=1S/C14H16N2O2.2C2H6/c1-4-10-6-5-7-11(8-10)13(17)12-9(2)15-16(3)14(12)18;2*1-2/h5-8,15H,4H2,1-3H3;2*1-2H3. The average molecular weight is 304 g/mol. The molecule has 0 aliphatic rings. The number of aromatic nitrogens is 2. The first-order valence-corrected chi connectivity index (χ1v) is 7.93. The van der Waals surface area contributed by atoms with Crippen molar-refractivity contribution in [1.82, 2.24) is 9.78 Å². The zero-order chi connectivity index (χ0) is 17.3. The summed E-state index contributed by atoms with van der Waals surface area (Å²) >= 11 is 0. The Morgan fingerprint density at radius 1 is 1.18 bits per heavy atom. The number of nitrogens with one attached hydrogen (secondary N) is 1. The largest absolute Gasteiger partial charge is 0.299 e. The van der Waals surface area contributed by atoms with E-state index in [0.717, 1.165) is 12.0 Å². The summed E-state index contributed by atoms with van der Waals surface area (Å²) < 4.78 is 1.33. The van der Waals surface area contributed by atoms with Gasteiger partial charge in [0.25, 0.3) is 5.56 Å². The van der Waals surface area contributed by atoms with Crippen molar-refractivity contribution >= 4 is 5.78 Å². The SMILES string of the molecule is CC.CC.CCc1cccc(C(=O)c2c(C)[nH]n(C)c2=O)c1. The molecule has 0 aliphatic carbocycles. The monoisotopic (exact) mass is 304 g/mol. The smallest absolute Gasteiger partial charge is 0.277 e. The molecule has 0 saturated heterocycles. The highest BCUT2D eigenvalue weighted by Gasteiger charge is 2.18. The van der Waals surface area contributed by atoms with Crippen molar-refractivity contribution < 1.29 is 4.79 Å². The van der Waals surface area contributed by atoms with Crippen LogP contribution in [0.5, 0.6) is 0 Å². The van der Waals surface area contributed by atoms with E-state index >= 15 is 0 Å². The molecule has 4 nitrogen and oxygen atoms in total. The average Bonchev–Trinajstić information content (AvgIpc) is 2.83. The molecule has 0 amide bonds. The molecule has 1 aromatic carbocycles. The zero-order valence-corrected chi connectivity index (χ0v) is 14.8. The van der Waals surface area contributed by atoms with Gasteiger partial charge in [-0.1, -0.05) is 52.8 Å². The van der Waals surface area contributed by atoms with E-state index in [9.17, 15) is 9.59 Å². The lowest BCUT2D eigenvalue weighted by Gasteiger charge is -2.01. The summed E-state index contributed by atoms with van der Waals surface area (Å²) in [7, 11) is 1.61. The summed E-state index contributed by atoms with van der Waals surface area (Å²) in [5, 5.41) is 2.84. The summed E-state index contributed by atoms with van der Waals surface area (Å²) in [4.78, 5) is 24.2. The van der Waals surface area contributed by atoms with Crippen LogP contribution >= 0.6 is 0 Å². The van der Waals surface area contributed by atoms with Gasteiger partial charge in [-0.05, 0) is 25.0 Å². The number of aryl methyl sites for hydroxylation is 3. The van der Waals surface area contributed by atoms with Crippen molar-refractivity contribution in [1.29, 1.82) is 0 Å². The third-order valence-corrected chi connectivity index (χ3v) is 3.05. The number of carbonyl (C=O) groups is 1. The van der Waals surface area contributed by atoms with E-state index in [-0.39, 0.29) is 16.9 Å². The number of carbonyl (C=O) groups excluding carboxylic acids is 1. The number of rotatable bonds is 3. The van der Waals surface area contributed by atoms with Crippen molar-refractivity contribution in [2.45, 2.75) is 48.0 Å². The van der Waals surface area contributed by atoms with E-state index in [0.29, 0.717) is 11.3 Å². The molecule has 1 N–H and O–H groups in total. The maximum absolute atomic E-state index is 12.3. The lowest BCUT2D eigenvalue weighted by atomic mass is 10.0. The minimum Gasteiger partial charge on any atom is -0.299 e. The molecule has 1 heterocycles. The summed E-state index contributed by atoms with van der Waals surface area (Å²) in [6.07, 6.45) is 0.866. The maximum Gasteiger partial charge on any atom is 0.277 e. The molecule has 0 bridgehead atoms. The summed E-state index contributed by atoms with van der Waals surface area (Å²) in [5.74, 6) is -0.218. The molecule has 2 aromatic rings. The molecule has 1 aromatic heterocycles. The van der Waals surface area contributed by atoms with Crippen molar-refractivity contribution in [2.75, 3.05) is 0 Å². The third kappa shape index (κ3) is 4.45. The van der Waals surface area contributed by atoms with Crippen LogP contribution in [0.3, 0.4) is 0 Å². The molecular formula is C18H28N2O2. The molecule has 0 unspecified atom stereocenters. The fraction of sp³-hybridized carbons (Fsp3) is 0.444. The Kier molecular flexibility index (Phi) is 8.83. The molecule has 0 atom stereocenters. The molecule has 0 saturated carbocycles. The predicted molar refractivity (Wildman–Crippen MR) is 92.7 cm³/mol. The van der Waals surface area contributed by atoms with Crippen LogP contribution in [0.4, 0.5) is 0 Å². The minimum atomic E-state index is -0.278. The maximum atomic E-state index is 12.3. The van der Waals surface area contributed by atoms with E-state index in [2.05, 4.69) is 5.10 Å². The van der Waals surface area contributed by atoms with E-state index < -0.39 is 0 Å². The Labute approximate surface area is 133 Å². The van der Waals surface area contributed by atoms with Crippen molar-refractivity contribution in [3.63, 3.8) is 0 Å². The number of nitrogens with zero attached hydrogens (tertiary/aromatic N) is 1. The van der Waals surface area contributed by atoms with Gasteiger partial charge in [0.2, 0.25) is 0 Å². The number of hydrogen-bond acceptors (Lipinski definition) is 2. The van der Waals surface area contributed by atoms with E-state index in [1.807, 2.05) is 52.8 Å². The Balaban J connectivity index is 0.00000102. The van der Waals surface area contributed by atoms with Crippen LogP contribution in [0, 0.1) is 6.92 Å². The quantitative estimate of drug-likeness (QED) is 0.875. The Bertz CT molecular complexity index is 651. The highest BCUT2D eigenvalue weighted by molar-refractivity contribution is 6.09. The predicted octanol–water partition coefficient (Wildman–Crippen LogP) is 3.87. The minimum absolute atomic E-state index is 0.218. The van der Waals surface area contributed by atoms with Crippen LogP contribution < -0.4 is 5.56 Å². The molecule has 0 fully saturated rings. The van der Waals surface area contributed by atoms with E-state index in [4.69, 9.17) is 0 Å². The van der Waals surface area contributed by atoms with Gasteiger partial charge in [-0.15, -0.1) is 0 Å². The summed E-state index contributed by atoms with van der Waals surface area (Å²) in [5.41, 5.74) is 2.21. The van der Waals surface area contributed by atoms with Gasteiger partial charge in [0.05, 0.1) is 0 Å². The molecule has 0 aliphatic heterocycles. The molecular weight excluding hydrogens is 276 g/mol. The number of aromatic amines is 1.